The Bertz CT molecular complexity index is 388. The number of nitrogens with zero attached hydrogens (tertiary/aromatic N) is 1. The SMILES string of the molecule is COC(=O)C(C)(C)NCC1CCN(C(=O)OC(C)(C)C)C1. The van der Waals surface area contributed by atoms with Crippen LogP contribution in [0.1, 0.15) is 41.0 Å². The van der Waals surface area contributed by atoms with Crippen LogP contribution in [0.25, 0.3) is 0 Å². The Labute approximate surface area is 127 Å². The number of ether oxygens (including phenoxy) is 2. The Morgan fingerprint density at radius 3 is 2.38 bits per heavy atom. The summed E-state index contributed by atoms with van der Waals surface area (Å²) in [7, 11) is 1.38. The lowest BCUT2D eigenvalue weighted by atomic mass is 10.0. The number of carbonyl (C=O) groups excluding carboxylic acids is 2. The van der Waals surface area contributed by atoms with Gasteiger partial charge in [0.2, 0.25) is 0 Å². The lowest BCUT2D eigenvalue weighted by molar-refractivity contribution is -0.147. The molecule has 0 aliphatic carbocycles. The Morgan fingerprint density at radius 1 is 1.24 bits per heavy atom. The molecule has 0 aromatic rings. The summed E-state index contributed by atoms with van der Waals surface area (Å²) in [5.74, 6) is 0.0333. The topological polar surface area (TPSA) is 67.9 Å². The fourth-order valence-corrected chi connectivity index (χ4v) is 2.22. The minimum absolute atomic E-state index is 0.266. The summed E-state index contributed by atoms with van der Waals surface area (Å²) in [6.07, 6.45) is 0.640. The van der Waals surface area contributed by atoms with Crippen molar-refractivity contribution in [1.29, 1.82) is 0 Å². The second-order valence-corrected chi connectivity index (χ2v) is 7.08. The number of likely N-dealkylation sites (tertiary alicyclic amines) is 1. The number of nitrogens with one attached hydrogen (secondary N) is 1. The van der Waals surface area contributed by atoms with E-state index < -0.39 is 11.1 Å². The van der Waals surface area contributed by atoms with Crippen molar-refractivity contribution < 1.29 is 19.1 Å². The van der Waals surface area contributed by atoms with Gasteiger partial charge in [-0.1, -0.05) is 0 Å². The first-order chi connectivity index (χ1) is 9.55. The maximum Gasteiger partial charge on any atom is 0.410 e. The first-order valence-electron chi connectivity index (χ1n) is 7.36. The summed E-state index contributed by atoms with van der Waals surface area (Å²) < 4.78 is 10.1. The summed E-state index contributed by atoms with van der Waals surface area (Å²) >= 11 is 0. The molecule has 1 rings (SSSR count). The van der Waals surface area contributed by atoms with Gasteiger partial charge in [-0.2, -0.15) is 0 Å². The number of methoxy groups -OCH3 is 1. The van der Waals surface area contributed by atoms with Crippen molar-refractivity contribution in [2.24, 2.45) is 5.92 Å². The number of rotatable bonds is 4. The summed E-state index contributed by atoms with van der Waals surface area (Å²) in [5, 5.41) is 3.21. The van der Waals surface area contributed by atoms with Crippen molar-refractivity contribution in [2.75, 3.05) is 26.7 Å². The van der Waals surface area contributed by atoms with Gasteiger partial charge in [0, 0.05) is 19.6 Å². The van der Waals surface area contributed by atoms with Gasteiger partial charge in [-0.15, -0.1) is 0 Å². The van der Waals surface area contributed by atoms with E-state index in [0.29, 0.717) is 25.6 Å². The summed E-state index contributed by atoms with van der Waals surface area (Å²) in [4.78, 5) is 25.3. The van der Waals surface area contributed by atoms with Gasteiger partial charge in [0.25, 0.3) is 0 Å². The van der Waals surface area contributed by atoms with Gasteiger partial charge in [0.05, 0.1) is 7.11 Å². The summed E-state index contributed by atoms with van der Waals surface area (Å²) in [5.41, 5.74) is -1.19. The number of hydrogen-bond donors (Lipinski definition) is 1. The second-order valence-electron chi connectivity index (χ2n) is 7.08. The van der Waals surface area contributed by atoms with Crippen LogP contribution < -0.4 is 5.32 Å². The molecule has 0 aromatic carbocycles. The molecule has 1 aliphatic heterocycles. The molecule has 0 saturated carbocycles. The number of hydrogen-bond acceptors (Lipinski definition) is 5. The van der Waals surface area contributed by atoms with Crippen molar-refractivity contribution in [2.45, 2.75) is 52.2 Å². The van der Waals surface area contributed by atoms with E-state index in [2.05, 4.69) is 5.32 Å². The zero-order chi connectivity index (χ0) is 16.3. The highest BCUT2D eigenvalue weighted by molar-refractivity contribution is 5.79. The van der Waals surface area contributed by atoms with Crippen LogP contribution in [0.4, 0.5) is 4.79 Å². The van der Waals surface area contributed by atoms with Crippen LogP contribution in [-0.2, 0) is 14.3 Å². The quantitative estimate of drug-likeness (QED) is 0.802. The highest BCUT2D eigenvalue weighted by Crippen LogP contribution is 2.19. The molecule has 1 fully saturated rings. The van der Waals surface area contributed by atoms with Gasteiger partial charge in [-0.3, -0.25) is 4.79 Å². The van der Waals surface area contributed by atoms with E-state index in [0.717, 1.165) is 6.42 Å². The third-order valence-electron chi connectivity index (χ3n) is 3.47. The van der Waals surface area contributed by atoms with Crippen LogP contribution in [0.5, 0.6) is 0 Å². The lowest BCUT2D eigenvalue weighted by Crippen LogP contribution is -2.49. The number of esters is 1. The molecular formula is C15H28N2O4. The Kier molecular flexibility index (Phi) is 5.61. The molecule has 0 aromatic heterocycles. The van der Waals surface area contributed by atoms with Crippen molar-refractivity contribution in [1.82, 2.24) is 10.2 Å². The van der Waals surface area contributed by atoms with Crippen LogP contribution in [0, 0.1) is 5.92 Å². The zero-order valence-electron chi connectivity index (χ0n) is 14.0. The maximum atomic E-state index is 12.0. The molecule has 6 nitrogen and oxygen atoms in total. The fraction of sp³-hybridized carbons (Fsp3) is 0.867. The predicted molar refractivity (Wildman–Crippen MR) is 80.0 cm³/mol. The lowest BCUT2D eigenvalue weighted by Gasteiger charge is -2.26. The van der Waals surface area contributed by atoms with E-state index in [1.165, 1.54) is 7.11 Å². The van der Waals surface area contributed by atoms with Crippen LogP contribution >= 0.6 is 0 Å². The van der Waals surface area contributed by atoms with Gasteiger partial charge in [0.1, 0.15) is 11.1 Å². The summed E-state index contributed by atoms with van der Waals surface area (Å²) in [6.45, 7) is 11.2. The normalized spacial score (nSPS) is 19.5. The number of carbonyl (C=O) groups is 2. The third-order valence-corrected chi connectivity index (χ3v) is 3.47. The second kappa shape index (κ2) is 6.64. The first-order valence-corrected chi connectivity index (χ1v) is 7.36. The maximum absolute atomic E-state index is 12.0. The molecule has 1 amide bonds. The minimum Gasteiger partial charge on any atom is -0.468 e. The van der Waals surface area contributed by atoms with Crippen LogP contribution in [0.3, 0.4) is 0 Å². The average molecular weight is 300 g/mol. The molecule has 0 spiro atoms. The minimum atomic E-state index is -0.714. The van der Waals surface area contributed by atoms with E-state index in [9.17, 15) is 9.59 Å². The standard InChI is InChI=1S/C15H28N2O4/c1-14(2,3)21-13(19)17-8-7-11(10-17)9-16-15(4,5)12(18)20-6/h11,16H,7-10H2,1-6H3. The fourth-order valence-electron chi connectivity index (χ4n) is 2.22. The molecule has 122 valence electrons. The van der Waals surface area contributed by atoms with Crippen LogP contribution in [0.2, 0.25) is 0 Å². The van der Waals surface area contributed by atoms with Gasteiger partial charge in [-0.25, -0.2) is 4.79 Å². The Morgan fingerprint density at radius 2 is 1.86 bits per heavy atom. The Balaban J connectivity index is 2.42. The van der Waals surface area contributed by atoms with Crippen molar-refractivity contribution in [3.8, 4) is 0 Å². The summed E-state index contributed by atoms with van der Waals surface area (Å²) in [6, 6.07) is 0. The predicted octanol–water partition coefficient (Wildman–Crippen LogP) is 1.78. The van der Waals surface area contributed by atoms with Gasteiger partial charge < -0.3 is 19.7 Å². The number of amides is 1. The van der Waals surface area contributed by atoms with Gasteiger partial charge in [-0.05, 0) is 47.0 Å². The molecule has 0 bridgehead atoms. The van der Waals surface area contributed by atoms with Crippen molar-refractivity contribution in [3.05, 3.63) is 0 Å². The first kappa shape index (κ1) is 17.8. The Hall–Kier alpha value is -1.30. The zero-order valence-corrected chi connectivity index (χ0v) is 14.0. The average Bonchev–Trinajstić information content (AvgIpc) is 2.82. The monoisotopic (exact) mass is 300 g/mol. The smallest absolute Gasteiger partial charge is 0.410 e. The van der Waals surface area contributed by atoms with Crippen LogP contribution in [0.15, 0.2) is 0 Å². The van der Waals surface area contributed by atoms with E-state index >= 15 is 0 Å². The highest BCUT2D eigenvalue weighted by Gasteiger charge is 2.33. The molecule has 21 heavy (non-hydrogen) atoms. The molecule has 1 atom stereocenters. The third kappa shape index (κ3) is 5.53. The van der Waals surface area contributed by atoms with Crippen molar-refractivity contribution >= 4 is 12.1 Å². The van der Waals surface area contributed by atoms with Gasteiger partial charge >= 0.3 is 12.1 Å². The molecule has 0 radical (unpaired) electrons. The van der Waals surface area contributed by atoms with Crippen molar-refractivity contribution in [3.63, 3.8) is 0 Å². The molecule has 1 aliphatic rings. The molecule has 6 heteroatoms. The molecular weight excluding hydrogens is 272 g/mol. The molecule has 1 saturated heterocycles. The highest BCUT2D eigenvalue weighted by atomic mass is 16.6. The molecule has 1 unspecified atom stereocenters. The van der Waals surface area contributed by atoms with E-state index in [4.69, 9.17) is 9.47 Å². The van der Waals surface area contributed by atoms with E-state index in [1.54, 1.807) is 18.7 Å². The van der Waals surface area contributed by atoms with E-state index in [1.807, 2.05) is 20.8 Å². The van der Waals surface area contributed by atoms with Crippen LogP contribution in [-0.4, -0.2) is 54.8 Å². The molecule has 1 N–H and O–H groups in total. The largest absolute Gasteiger partial charge is 0.468 e. The van der Waals surface area contributed by atoms with Gasteiger partial charge in [0.15, 0.2) is 0 Å². The molecule has 1 heterocycles. The van der Waals surface area contributed by atoms with E-state index in [-0.39, 0.29) is 12.1 Å².